The van der Waals surface area contributed by atoms with E-state index < -0.39 is 27.7 Å². The van der Waals surface area contributed by atoms with Gasteiger partial charge in [0, 0.05) is 38.6 Å². The first kappa shape index (κ1) is 28.3. The highest BCUT2D eigenvalue weighted by molar-refractivity contribution is 7.90. The van der Waals surface area contributed by atoms with E-state index in [4.69, 9.17) is 19.9 Å². The van der Waals surface area contributed by atoms with E-state index in [1.54, 1.807) is 25.7 Å². The van der Waals surface area contributed by atoms with Gasteiger partial charge in [0.2, 0.25) is 11.8 Å². The number of esters is 1. The number of nitrogens with two attached hydrogens (primary N) is 1. The third-order valence-corrected chi connectivity index (χ3v) is 6.81. The zero-order valence-electron chi connectivity index (χ0n) is 21.1. The highest BCUT2D eigenvalue weighted by atomic mass is 32.2. The van der Waals surface area contributed by atoms with Crippen molar-refractivity contribution in [2.45, 2.75) is 63.2 Å². The Bertz CT molecular complexity index is 1250. The molecular formula is C24H31FN4O7S. The minimum absolute atomic E-state index is 0.0451. The van der Waals surface area contributed by atoms with E-state index in [0.29, 0.717) is 31.5 Å². The summed E-state index contributed by atoms with van der Waals surface area (Å²) in [5.74, 6) is -1.45. The molecule has 1 atom stereocenters. The van der Waals surface area contributed by atoms with E-state index in [1.165, 1.54) is 18.5 Å². The van der Waals surface area contributed by atoms with Crippen LogP contribution in [0.2, 0.25) is 0 Å². The number of hydrogen-bond acceptors (Lipinski definition) is 10. The lowest BCUT2D eigenvalue weighted by molar-refractivity contribution is -0.136. The van der Waals surface area contributed by atoms with Crippen LogP contribution in [-0.4, -0.2) is 72.9 Å². The summed E-state index contributed by atoms with van der Waals surface area (Å²) in [5.41, 5.74) is 6.37. The lowest BCUT2D eigenvalue weighted by Crippen LogP contribution is -2.42. The van der Waals surface area contributed by atoms with Crippen molar-refractivity contribution in [2.24, 2.45) is 5.73 Å². The summed E-state index contributed by atoms with van der Waals surface area (Å²) in [6, 6.07) is 2.18. The van der Waals surface area contributed by atoms with Crippen molar-refractivity contribution in [1.29, 1.82) is 0 Å². The second-order valence-corrected chi connectivity index (χ2v) is 11.1. The van der Waals surface area contributed by atoms with Crippen LogP contribution < -0.4 is 15.2 Å². The third kappa shape index (κ3) is 7.59. The molecule has 2 N–H and O–H groups in total. The van der Waals surface area contributed by atoms with Gasteiger partial charge < -0.3 is 24.8 Å². The number of rotatable bonds is 8. The van der Waals surface area contributed by atoms with Crippen LogP contribution in [0.25, 0.3) is 0 Å². The Kier molecular flexibility index (Phi) is 9.02. The van der Waals surface area contributed by atoms with Crippen molar-refractivity contribution in [3.8, 4) is 11.8 Å². The van der Waals surface area contributed by atoms with E-state index in [9.17, 15) is 22.4 Å². The molecule has 1 aromatic carbocycles. The van der Waals surface area contributed by atoms with Crippen LogP contribution in [0.4, 0.5) is 9.18 Å². The van der Waals surface area contributed by atoms with Gasteiger partial charge in [-0.25, -0.2) is 32.4 Å². The Labute approximate surface area is 215 Å². The second-order valence-electron chi connectivity index (χ2n) is 9.10. The molecule has 1 aliphatic rings. The van der Waals surface area contributed by atoms with E-state index in [2.05, 4.69) is 9.97 Å². The van der Waals surface area contributed by atoms with Gasteiger partial charge in [-0.2, -0.15) is 0 Å². The van der Waals surface area contributed by atoms with Gasteiger partial charge in [-0.1, -0.05) is 6.07 Å². The molecular weight excluding hydrogens is 507 g/mol. The first-order chi connectivity index (χ1) is 17.3. The van der Waals surface area contributed by atoms with E-state index in [-0.39, 0.29) is 46.9 Å². The standard InChI is InChI=1S/C24H31FN4O7S/c1-14(2)34-24(31)29-9-7-17(8-10-29)35-21-15(3)22(28-13-27-21)36-23(30)20(26)11-16-5-6-18(12-19(16)25)37(4,32)33/h5-6,12-14,17,20H,7-11,26H2,1-4H3/t20-/m0/s1. The molecule has 1 amide bonds. The van der Waals surface area contributed by atoms with Gasteiger partial charge in [-0.05, 0) is 38.5 Å². The molecule has 1 saturated heterocycles. The maximum absolute atomic E-state index is 14.4. The minimum atomic E-state index is -3.57. The van der Waals surface area contributed by atoms with Crippen LogP contribution >= 0.6 is 0 Å². The Morgan fingerprint density at radius 1 is 1.19 bits per heavy atom. The molecule has 0 aliphatic carbocycles. The van der Waals surface area contributed by atoms with Gasteiger partial charge in [0.05, 0.1) is 16.6 Å². The van der Waals surface area contributed by atoms with E-state index >= 15 is 0 Å². The SMILES string of the molecule is Cc1c(OC(=O)[C@@H](N)Cc2ccc(S(C)(=O)=O)cc2F)ncnc1OC1CCN(C(=O)OC(C)C)CC1. The monoisotopic (exact) mass is 538 g/mol. The van der Waals surface area contributed by atoms with Crippen LogP contribution in [0, 0.1) is 12.7 Å². The van der Waals surface area contributed by atoms with Crippen LogP contribution in [-0.2, 0) is 25.8 Å². The van der Waals surface area contributed by atoms with Crippen molar-refractivity contribution in [1.82, 2.24) is 14.9 Å². The lowest BCUT2D eigenvalue weighted by Gasteiger charge is -2.31. The first-order valence-electron chi connectivity index (χ1n) is 11.7. The van der Waals surface area contributed by atoms with Gasteiger partial charge in [0.25, 0.3) is 0 Å². The second kappa shape index (κ2) is 11.8. The number of piperidine rings is 1. The fourth-order valence-electron chi connectivity index (χ4n) is 3.65. The van der Waals surface area contributed by atoms with Crippen LogP contribution in [0.1, 0.15) is 37.8 Å². The summed E-state index contributed by atoms with van der Waals surface area (Å²) in [5, 5.41) is 0. The fourth-order valence-corrected chi connectivity index (χ4v) is 4.28. The number of nitrogens with zero attached hydrogens (tertiary/aromatic N) is 3. The van der Waals surface area contributed by atoms with E-state index in [0.717, 1.165) is 12.3 Å². The number of ether oxygens (including phenoxy) is 3. The Morgan fingerprint density at radius 2 is 1.84 bits per heavy atom. The van der Waals surface area contributed by atoms with Crippen molar-refractivity contribution in [3.63, 3.8) is 0 Å². The summed E-state index contributed by atoms with van der Waals surface area (Å²) in [6.45, 7) is 6.15. The van der Waals surface area contributed by atoms with Crippen molar-refractivity contribution in [2.75, 3.05) is 19.3 Å². The zero-order valence-corrected chi connectivity index (χ0v) is 22.0. The predicted molar refractivity (Wildman–Crippen MR) is 130 cm³/mol. The van der Waals surface area contributed by atoms with Gasteiger partial charge in [0.15, 0.2) is 9.84 Å². The first-order valence-corrected chi connectivity index (χ1v) is 13.6. The molecule has 202 valence electrons. The Balaban J connectivity index is 1.59. The van der Waals surface area contributed by atoms with Gasteiger partial charge >= 0.3 is 12.1 Å². The zero-order chi connectivity index (χ0) is 27.3. The molecule has 1 aromatic heterocycles. The molecule has 0 spiro atoms. The summed E-state index contributed by atoms with van der Waals surface area (Å²) in [6.07, 6.45) is 2.33. The Hall–Kier alpha value is -3.32. The Morgan fingerprint density at radius 3 is 2.43 bits per heavy atom. The molecule has 0 saturated carbocycles. The van der Waals surface area contributed by atoms with E-state index in [1.807, 2.05) is 0 Å². The number of aromatic nitrogens is 2. The van der Waals surface area contributed by atoms with Crippen LogP contribution in [0.3, 0.4) is 0 Å². The average Bonchev–Trinajstić information content (AvgIpc) is 2.82. The molecule has 2 aromatic rings. The van der Waals surface area contributed by atoms with Crippen molar-refractivity contribution < 1.29 is 36.6 Å². The molecule has 13 heteroatoms. The van der Waals surface area contributed by atoms with Crippen molar-refractivity contribution >= 4 is 21.9 Å². The minimum Gasteiger partial charge on any atom is -0.474 e. The quantitative estimate of drug-likeness (QED) is 0.495. The number of likely N-dealkylation sites (tertiary alicyclic amines) is 1. The van der Waals surface area contributed by atoms with Crippen LogP contribution in [0.5, 0.6) is 11.8 Å². The highest BCUT2D eigenvalue weighted by Crippen LogP contribution is 2.26. The maximum Gasteiger partial charge on any atom is 0.410 e. The predicted octanol–water partition coefficient (Wildman–Crippen LogP) is 2.19. The summed E-state index contributed by atoms with van der Waals surface area (Å²) in [7, 11) is -3.57. The molecule has 1 fully saturated rings. The normalized spacial score (nSPS) is 15.4. The number of amides is 1. The largest absolute Gasteiger partial charge is 0.474 e. The summed E-state index contributed by atoms with van der Waals surface area (Å²) >= 11 is 0. The average molecular weight is 539 g/mol. The number of halogens is 1. The number of benzene rings is 1. The number of carbonyl (C=O) groups is 2. The molecule has 11 nitrogen and oxygen atoms in total. The highest BCUT2D eigenvalue weighted by Gasteiger charge is 2.27. The summed E-state index contributed by atoms with van der Waals surface area (Å²) in [4.78, 5) is 34.2. The van der Waals surface area contributed by atoms with Crippen LogP contribution in [0.15, 0.2) is 29.4 Å². The summed E-state index contributed by atoms with van der Waals surface area (Å²) < 4.78 is 54.0. The lowest BCUT2D eigenvalue weighted by atomic mass is 10.1. The van der Waals surface area contributed by atoms with Gasteiger partial charge in [-0.3, -0.25) is 0 Å². The molecule has 0 unspecified atom stereocenters. The smallest absolute Gasteiger partial charge is 0.410 e. The number of hydrogen-bond donors (Lipinski definition) is 1. The van der Waals surface area contributed by atoms with Gasteiger partial charge in [-0.15, -0.1) is 0 Å². The third-order valence-electron chi connectivity index (χ3n) is 5.70. The molecule has 1 aliphatic heterocycles. The number of sulfone groups is 1. The molecule has 2 heterocycles. The fraction of sp³-hybridized carbons (Fsp3) is 0.500. The molecule has 37 heavy (non-hydrogen) atoms. The molecule has 3 rings (SSSR count). The van der Waals surface area contributed by atoms with Crippen molar-refractivity contribution in [3.05, 3.63) is 41.5 Å². The molecule has 0 radical (unpaired) electrons. The maximum atomic E-state index is 14.4. The van der Waals surface area contributed by atoms with Gasteiger partial charge in [0.1, 0.15) is 24.3 Å². The molecule has 0 bridgehead atoms. The topological polar surface area (TPSA) is 151 Å². The number of carbonyl (C=O) groups excluding carboxylic acids is 2.